The molecule has 0 saturated carbocycles. The molecule has 2 heterocycles. The van der Waals surface area contributed by atoms with E-state index in [9.17, 15) is 0 Å². The molecule has 0 spiro atoms. The lowest BCUT2D eigenvalue weighted by atomic mass is 10.2. The maximum absolute atomic E-state index is 5.04. The van der Waals surface area contributed by atoms with Gasteiger partial charge in [0.15, 0.2) is 11.5 Å². The summed E-state index contributed by atoms with van der Waals surface area (Å²) >= 11 is 0. The summed E-state index contributed by atoms with van der Waals surface area (Å²) in [6, 6.07) is 7.98. The van der Waals surface area contributed by atoms with E-state index in [0.29, 0.717) is 12.4 Å². The fourth-order valence-electron chi connectivity index (χ4n) is 1.75. The van der Waals surface area contributed by atoms with Gasteiger partial charge in [0.2, 0.25) is 0 Å². The first-order chi connectivity index (χ1) is 7.90. The Morgan fingerprint density at radius 3 is 3.00 bits per heavy atom. The molecule has 3 aromatic rings. The minimum atomic E-state index is 0.409. The Kier molecular flexibility index (Phi) is 2.04. The van der Waals surface area contributed by atoms with Crippen molar-refractivity contribution in [1.82, 2.24) is 19.8 Å². The van der Waals surface area contributed by atoms with Gasteiger partial charge < -0.3 is 4.74 Å². The molecule has 5 nitrogen and oxygen atoms in total. The van der Waals surface area contributed by atoms with Crippen LogP contribution in [0.4, 0.5) is 0 Å². The zero-order chi connectivity index (χ0) is 11.0. The van der Waals surface area contributed by atoms with Gasteiger partial charge in [-0.2, -0.15) is 9.61 Å². The van der Waals surface area contributed by atoms with E-state index in [1.807, 2.05) is 30.5 Å². The molecule has 0 amide bonds. The Balaban J connectivity index is 2.36. The molecular formula is C11H10N4O. The van der Waals surface area contributed by atoms with E-state index in [4.69, 9.17) is 4.74 Å². The van der Waals surface area contributed by atoms with Crippen molar-refractivity contribution >= 4 is 16.4 Å². The summed E-state index contributed by atoms with van der Waals surface area (Å²) in [7, 11) is 1.63. The maximum Gasteiger partial charge on any atom is 0.185 e. The van der Waals surface area contributed by atoms with Gasteiger partial charge in [-0.15, -0.1) is 10.2 Å². The molecular weight excluding hydrogens is 204 g/mol. The lowest BCUT2D eigenvalue weighted by molar-refractivity contribution is 0.176. The monoisotopic (exact) mass is 214 g/mol. The molecule has 5 heteroatoms. The van der Waals surface area contributed by atoms with E-state index < -0.39 is 0 Å². The van der Waals surface area contributed by atoms with Crippen molar-refractivity contribution in [2.45, 2.75) is 6.61 Å². The Bertz CT molecular complexity index is 647. The predicted molar refractivity (Wildman–Crippen MR) is 59.0 cm³/mol. The van der Waals surface area contributed by atoms with Crippen LogP contribution in [0.25, 0.3) is 16.4 Å². The van der Waals surface area contributed by atoms with Crippen LogP contribution in [0.2, 0.25) is 0 Å². The first-order valence-corrected chi connectivity index (χ1v) is 4.97. The smallest absolute Gasteiger partial charge is 0.185 e. The second-order valence-corrected chi connectivity index (χ2v) is 3.52. The molecule has 80 valence electrons. The summed E-state index contributed by atoms with van der Waals surface area (Å²) in [6.07, 6.45) is 1.81. The van der Waals surface area contributed by atoms with Crippen LogP contribution in [0.3, 0.4) is 0 Å². The number of fused-ring (bicyclic) bond motifs is 3. The number of methoxy groups -OCH3 is 1. The number of aromatic nitrogens is 4. The summed E-state index contributed by atoms with van der Waals surface area (Å²) in [4.78, 5) is 0. The lowest BCUT2D eigenvalue weighted by Crippen LogP contribution is -1.99. The lowest BCUT2D eigenvalue weighted by Gasteiger charge is -2.00. The van der Waals surface area contributed by atoms with Crippen LogP contribution in [0.5, 0.6) is 0 Å². The standard InChI is InChI=1S/C11H10N4O/c1-16-7-10-13-14-11-9-5-3-2-4-8(9)6-12-15(10)11/h2-6H,7H2,1H3. The van der Waals surface area contributed by atoms with Crippen molar-refractivity contribution in [2.24, 2.45) is 0 Å². The van der Waals surface area contributed by atoms with Gasteiger partial charge in [0.25, 0.3) is 0 Å². The van der Waals surface area contributed by atoms with Crippen molar-refractivity contribution in [2.75, 3.05) is 7.11 Å². The topological polar surface area (TPSA) is 52.3 Å². The molecule has 0 radical (unpaired) electrons. The fourth-order valence-corrected chi connectivity index (χ4v) is 1.75. The highest BCUT2D eigenvalue weighted by molar-refractivity contribution is 5.92. The van der Waals surface area contributed by atoms with Crippen molar-refractivity contribution in [3.8, 4) is 0 Å². The van der Waals surface area contributed by atoms with Gasteiger partial charge in [0, 0.05) is 17.9 Å². The molecule has 0 atom stereocenters. The van der Waals surface area contributed by atoms with Crippen LogP contribution in [0, 0.1) is 0 Å². The normalized spacial score (nSPS) is 11.3. The molecule has 16 heavy (non-hydrogen) atoms. The molecule has 0 aliphatic rings. The third-order valence-electron chi connectivity index (χ3n) is 2.49. The highest BCUT2D eigenvalue weighted by atomic mass is 16.5. The molecule has 0 aliphatic carbocycles. The molecule has 0 saturated heterocycles. The molecule has 0 bridgehead atoms. The molecule has 2 aromatic heterocycles. The van der Waals surface area contributed by atoms with Crippen molar-refractivity contribution in [3.05, 3.63) is 36.3 Å². The minimum Gasteiger partial charge on any atom is -0.377 e. The highest BCUT2D eigenvalue weighted by Crippen LogP contribution is 2.17. The van der Waals surface area contributed by atoms with Gasteiger partial charge in [-0.3, -0.25) is 0 Å². The molecule has 0 N–H and O–H groups in total. The van der Waals surface area contributed by atoms with Crippen molar-refractivity contribution in [3.63, 3.8) is 0 Å². The average molecular weight is 214 g/mol. The third kappa shape index (κ3) is 1.25. The number of nitrogens with zero attached hydrogens (tertiary/aromatic N) is 4. The van der Waals surface area contributed by atoms with Gasteiger partial charge in [0.1, 0.15) is 6.61 Å². The number of benzene rings is 1. The van der Waals surface area contributed by atoms with Crippen molar-refractivity contribution in [1.29, 1.82) is 0 Å². The van der Waals surface area contributed by atoms with E-state index in [1.165, 1.54) is 0 Å². The van der Waals surface area contributed by atoms with Gasteiger partial charge in [-0.25, -0.2) is 0 Å². The highest BCUT2D eigenvalue weighted by Gasteiger charge is 2.08. The number of rotatable bonds is 2. The van der Waals surface area contributed by atoms with Gasteiger partial charge in [-0.1, -0.05) is 24.3 Å². The van der Waals surface area contributed by atoms with E-state index in [1.54, 1.807) is 11.6 Å². The van der Waals surface area contributed by atoms with Gasteiger partial charge in [0.05, 0.1) is 6.20 Å². The van der Waals surface area contributed by atoms with E-state index in [-0.39, 0.29) is 0 Å². The molecule has 0 aliphatic heterocycles. The quantitative estimate of drug-likeness (QED) is 0.647. The number of hydrogen-bond acceptors (Lipinski definition) is 4. The fraction of sp³-hybridized carbons (Fsp3) is 0.182. The first kappa shape index (κ1) is 9.23. The maximum atomic E-state index is 5.04. The van der Waals surface area contributed by atoms with Gasteiger partial charge in [-0.05, 0) is 0 Å². The average Bonchev–Trinajstić information content (AvgIpc) is 2.73. The van der Waals surface area contributed by atoms with Gasteiger partial charge >= 0.3 is 0 Å². The third-order valence-corrected chi connectivity index (χ3v) is 2.49. The number of hydrogen-bond donors (Lipinski definition) is 0. The van der Waals surface area contributed by atoms with Crippen LogP contribution >= 0.6 is 0 Å². The Labute approximate surface area is 91.7 Å². The first-order valence-electron chi connectivity index (χ1n) is 4.97. The van der Waals surface area contributed by atoms with Crippen molar-refractivity contribution < 1.29 is 4.74 Å². The summed E-state index contributed by atoms with van der Waals surface area (Å²) in [6.45, 7) is 0.409. The van der Waals surface area contributed by atoms with Crippen LogP contribution in [-0.4, -0.2) is 26.9 Å². The minimum absolute atomic E-state index is 0.409. The molecule has 0 unspecified atom stereocenters. The summed E-state index contributed by atoms with van der Waals surface area (Å²) in [5.74, 6) is 0.711. The largest absolute Gasteiger partial charge is 0.377 e. The van der Waals surface area contributed by atoms with Crippen LogP contribution in [-0.2, 0) is 11.3 Å². The SMILES string of the molecule is COCc1nnc2c3ccccc3cnn12. The van der Waals surface area contributed by atoms with Crippen LogP contribution < -0.4 is 0 Å². The van der Waals surface area contributed by atoms with Crippen LogP contribution in [0.1, 0.15) is 5.82 Å². The predicted octanol–water partition coefficient (Wildman–Crippen LogP) is 1.42. The number of ether oxygens (including phenoxy) is 1. The Morgan fingerprint density at radius 2 is 2.12 bits per heavy atom. The molecule has 3 rings (SSSR count). The Hall–Kier alpha value is -2.01. The van der Waals surface area contributed by atoms with E-state index in [0.717, 1.165) is 16.4 Å². The molecule has 1 aromatic carbocycles. The second-order valence-electron chi connectivity index (χ2n) is 3.52. The zero-order valence-corrected chi connectivity index (χ0v) is 8.79. The molecule has 0 fully saturated rings. The summed E-state index contributed by atoms with van der Waals surface area (Å²) in [5.41, 5.74) is 0.769. The van der Waals surface area contributed by atoms with E-state index >= 15 is 0 Å². The zero-order valence-electron chi connectivity index (χ0n) is 8.79. The van der Waals surface area contributed by atoms with E-state index in [2.05, 4.69) is 15.3 Å². The van der Waals surface area contributed by atoms with Crippen LogP contribution in [0.15, 0.2) is 30.5 Å². The Morgan fingerprint density at radius 1 is 1.25 bits per heavy atom. The second kappa shape index (κ2) is 3.53. The summed E-state index contributed by atoms with van der Waals surface area (Å²) in [5, 5.41) is 14.6. The summed E-state index contributed by atoms with van der Waals surface area (Å²) < 4.78 is 6.76.